The number of anilines is 2. The molecular formula is C13H13N3O2. The highest BCUT2D eigenvalue weighted by Gasteiger charge is 2.06. The largest absolute Gasteiger partial charge is 0.462 e. The van der Waals surface area contributed by atoms with Crippen molar-refractivity contribution in [2.75, 3.05) is 11.9 Å². The van der Waals surface area contributed by atoms with E-state index in [4.69, 9.17) is 4.74 Å². The van der Waals surface area contributed by atoms with E-state index >= 15 is 0 Å². The van der Waals surface area contributed by atoms with Crippen LogP contribution in [0.15, 0.2) is 43.0 Å². The molecule has 0 fully saturated rings. The van der Waals surface area contributed by atoms with E-state index in [1.807, 2.05) is 6.07 Å². The third kappa shape index (κ3) is 3.04. The van der Waals surface area contributed by atoms with E-state index < -0.39 is 0 Å². The van der Waals surface area contributed by atoms with Gasteiger partial charge in [0.05, 0.1) is 30.3 Å². The summed E-state index contributed by atoms with van der Waals surface area (Å²) in [7, 11) is 0. The Bertz CT molecular complexity index is 529. The van der Waals surface area contributed by atoms with Gasteiger partial charge in [0.25, 0.3) is 0 Å². The zero-order chi connectivity index (χ0) is 12.8. The van der Waals surface area contributed by atoms with Crippen molar-refractivity contribution in [2.24, 2.45) is 0 Å². The second-order valence-electron chi connectivity index (χ2n) is 3.55. The first kappa shape index (κ1) is 12.0. The molecule has 1 N–H and O–H groups in total. The minimum Gasteiger partial charge on any atom is -0.462 e. The Hall–Kier alpha value is -2.43. The number of ether oxygens (including phenoxy) is 1. The van der Waals surface area contributed by atoms with Crippen LogP contribution in [0.2, 0.25) is 0 Å². The van der Waals surface area contributed by atoms with E-state index in [1.54, 1.807) is 37.5 Å². The molecule has 2 aromatic rings. The van der Waals surface area contributed by atoms with E-state index in [9.17, 15) is 4.79 Å². The molecule has 5 heteroatoms. The molecule has 5 nitrogen and oxygen atoms in total. The van der Waals surface area contributed by atoms with Gasteiger partial charge in [-0.05, 0) is 25.1 Å². The van der Waals surface area contributed by atoms with E-state index in [1.165, 1.54) is 6.33 Å². The average Bonchev–Trinajstić information content (AvgIpc) is 2.40. The molecule has 2 rings (SSSR count). The summed E-state index contributed by atoms with van der Waals surface area (Å²) in [5.74, 6) is -0.328. The number of benzene rings is 1. The van der Waals surface area contributed by atoms with Gasteiger partial charge in [-0.15, -0.1) is 0 Å². The minimum atomic E-state index is -0.328. The second-order valence-corrected chi connectivity index (χ2v) is 3.55. The van der Waals surface area contributed by atoms with Gasteiger partial charge < -0.3 is 10.1 Å². The first-order valence-electron chi connectivity index (χ1n) is 5.59. The molecule has 0 aliphatic heterocycles. The number of aromatic nitrogens is 2. The number of carbonyl (C=O) groups is 1. The van der Waals surface area contributed by atoms with Gasteiger partial charge in [0, 0.05) is 5.69 Å². The number of rotatable bonds is 4. The predicted octanol–water partition coefficient (Wildman–Crippen LogP) is 2.40. The summed E-state index contributed by atoms with van der Waals surface area (Å²) in [4.78, 5) is 19.4. The zero-order valence-corrected chi connectivity index (χ0v) is 9.96. The summed E-state index contributed by atoms with van der Waals surface area (Å²) in [6.45, 7) is 2.14. The van der Waals surface area contributed by atoms with E-state index in [0.717, 1.165) is 11.4 Å². The van der Waals surface area contributed by atoms with Gasteiger partial charge in [-0.1, -0.05) is 6.07 Å². The highest BCUT2D eigenvalue weighted by atomic mass is 16.5. The van der Waals surface area contributed by atoms with Crippen LogP contribution >= 0.6 is 0 Å². The smallest absolute Gasteiger partial charge is 0.338 e. The van der Waals surface area contributed by atoms with Gasteiger partial charge in [-0.25, -0.2) is 14.8 Å². The monoisotopic (exact) mass is 243 g/mol. The second kappa shape index (κ2) is 5.77. The summed E-state index contributed by atoms with van der Waals surface area (Å²) in [5, 5.41) is 3.11. The van der Waals surface area contributed by atoms with Crippen LogP contribution in [-0.4, -0.2) is 22.5 Å². The van der Waals surface area contributed by atoms with Crippen molar-refractivity contribution in [3.05, 3.63) is 48.5 Å². The summed E-state index contributed by atoms with van der Waals surface area (Å²) >= 11 is 0. The van der Waals surface area contributed by atoms with Crippen molar-refractivity contribution >= 4 is 17.3 Å². The maximum Gasteiger partial charge on any atom is 0.338 e. The van der Waals surface area contributed by atoms with Crippen molar-refractivity contribution in [3.63, 3.8) is 0 Å². The quantitative estimate of drug-likeness (QED) is 0.835. The van der Waals surface area contributed by atoms with Gasteiger partial charge in [-0.2, -0.15) is 0 Å². The molecule has 1 heterocycles. The molecule has 0 saturated heterocycles. The maximum atomic E-state index is 11.6. The topological polar surface area (TPSA) is 64.1 Å². The van der Waals surface area contributed by atoms with Gasteiger partial charge in [0.15, 0.2) is 0 Å². The summed E-state index contributed by atoms with van der Waals surface area (Å²) in [5.41, 5.74) is 2.06. The number of esters is 1. The lowest BCUT2D eigenvalue weighted by molar-refractivity contribution is 0.0526. The molecule has 0 aliphatic rings. The standard InChI is InChI=1S/C13H13N3O2/c1-2-18-13(17)10-4-3-5-11(6-10)16-12-7-14-9-15-8-12/h3-9,16H,2H2,1H3. The molecular weight excluding hydrogens is 230 g/mol. The molecule has 18 heavy (non-hydrogen) atoms. The minimum absolute atomic E-state index is 0.328. The highest BCUT2D eigenvalue weighted by molar-refractivity contribution is 5.90. The lowest BCUT2D eigenvalue weighted by Crippen LogP contribution is -2.04. The average molecular weight is 243 g/mol. The fraction of sp³-hybridized carbons (Fsp3) is 0.154. The van der Waals surface area contributed by atoms with Crippen LogP contribution in [-0.2, 0) is 4.74 Å². The SMILES string of the molecule is CCOC(=O)c1cccc(Nc2cncnc2)c1. The van der Waals surface area contributed by atoms with Crippen molar-refractivity contribution in [1.82, 2.24) is 9.97 Å². The molecule has 0 spiro atoms. The van der Waals surface area contributed by atoms with Crippen molar-refractivity contribution in [3.8, 4) is 0 Å². The summed E-state index contributed by atoms with van der Waals surface area (Å²) < 4.78 is 4.94. The number of carbonyl (C=O) groups excluding carboxylic acids is 1. The molecule has 0 amide bonds. The number of nitrogens with zero attached hydrogens (tertiary/aromatic N) is 2. The van der Waals surface area contributed by atoms with Crippen molar-refractivity contribution < 1.29 is 9.53 Å². The summed E-state index contributed by atoms with van der Waals surface area (Å²) in [6, 6.07) is 7.09. The van der Waals surface area contributed by atoms with Crippen LogP contribution in [0.5, 0.6) is 0 Å². The van der Waals surface area contributed by atoms with E-state index in [2.05, 4.69) is 15.3 Å². The number of nitrogens with one attached hydrogen (secondary N) is 1. The predicted molar refractivity (Wildman–Crippen MR) is 67.7 cm³/mol. The Balaban J connectivity index is 2.15. The Labute approximate surface area is 105 Å². The zero-order valence-electron chi connectivity index (χ0n) is 9.96. The molecule has 0 radical (unpaired) electrons. The van der Waals surface area contributed by atoms with Crippen LogP contribution in [0.3, 0.4) is 0 Å². The molecule has 0 unspecified atom stereocenters. The number of hydrogen-bond acceptors (Lipinski definition) is 5. The lowest BCUT2D eigenvalue weighted by atomic mass is 10.2. The van der Waals surface area contributed by atoms with Crippen molar-refractivity contribution in [2.45, 2.75) is 6.92 Å². The first-order valence-corrected chi connectivity index (χ1v) is 5.59. The first-order chi connectivity index (χ1) is 8.79. The highest BCUT2D eigenvalue weighted by Crippen LogP contribution is 2.16. The van der Waals surface area contributed by atoms with E-state index in [0.29, 0.717) is 12.2 Å². The Kier molecular flexibility index (Phi) is 3.86. The molecule has 0 saturated carbocycles. The van der Waals surface area contributed by atoms with Gasteiger partial charge >= 0.3 is 5.97 Å². The molecule has 0 aliphatic carbocycles. The lowest BCUT2D eigenvalue weighted by Gasteiger charge is -2.07. The van der Waals surface area contributed by atoms with Crippen molar-refractivity contribution in [1.29, 1.82) is 0 Å². The van der Waals surface area contributed by atoms with E-state index in [-0.39, 0.29) is 5.97 Å². The fourth-order valence-corrected chi connectivity index (χ4v) is 1.47. The molecule has 0 atom stereocenters. The normalized spacial score (nSPS) is 9.83. The van der Waals surface area contributed by atoms with Crippen LogP contribution in [0.1, 0.15) is 17.3 Å². The fourth-order valence-electron chi connectivity index (χ4n) is 1.47. The van der Waals surface area contributed by atoms with Crippen LogP contribution in [0.4, 0.5) is 11.4 Å². The van der Waals surface area contributed by atoms with Gasteiger partial charge in [-0.3, -0.25) is 0 Å². The van der Waals surface area contributed by atoms with Gasteiger partial charge in [0.1, 0.15) is 6.33 Å². The number of hydrogen-bond donors (Lipinski definition) is 1. The Morgan fingerprint density at radius 3 is 2.78 bits per heavy atom. The Morgan fingerprint density at radius 1 is 1.28 bits per heavy atom. The Morgan fingerprint density at radius 2 is 2.06 bits per heavy atom. The van der Waals surface area contributed by atoms with Crippen LogP contribution < -0.4 is 5.32 Å². The molecule has 1 aromatic carbocycles. The third-order valence-electron chi connectivity index (χ3n) is 2.22. The van der Waals surface area contributed by atoms with Crippen LogP contribution in [0.25, 0.3) is 0 Å². The van der Waals surface area contributed by atoms with Crippen LogP contribution in [0, 0.1) is 0 Å². The summed E-state index contributed by atoms with van der Waals surface area (Å²) in [6.07, 6.45) is 4.77. The maximum absolute atomic E-state index is 11.6. The molecule has 1 aromatic heterocycles. The van der Waals surface area contributed by atoms with Gasteiger partial charge in [0.2, 0.25) is 0 Å². The molecule has 0 bridgehead atoms. The third-order valence-corrected chi connectivity index (χ3v) is 2.22. The molecule has 92 valence electrons.